The summed E-state index contributed by atoms with van der Waals surface area (Å²) < 4.78 is -0.380. The van der Waals surface area contributed by atoms with Crippen LogP contribution in [0.3, 0.4) is 0 Å². The maximum absolute atomic E-state index is 10.6. The van der Waals surface area contributed by atoms with E-state index in [1.807, 2.05) is 0 Å². The van der Waals surface area contributed by atoms with E-state index in [0.29, 0.717) is 19.5 Å². The van der Waals surface area contributed by atoms with Crippen LogP contribution in [-0.4, -0.2) is 41.4 Å². The molecule has 0 bridgehead atoms. The molecule has 0 spiro atoms. The van der Waals surface area contributed by atoms with Crippen molar-refractivity contribution in [2.75, 3.05) is 13.1 Å². The molecule has 0 aromatic rings. The molecule has 5 nitrogen and oxygen atoms in total. The number of carboxylic acids is 1. The lowest BCUT2D eigenvalue weighted by Gasteiger charge is -2.20. The van der Waals surface area contributed by atoms with Gasteiger partial charge in [0.2, 0.25) is 5.70 Å². The van der Waals surface area contributed by atoms with Gasteiger partial charge in [0, 0.05) is 0 Å². The second kappa shape index (κ2) is 2.86. The summed E-state index contributed by atoms with van der Waals surface area (Å²) in [5, 5.41) is 8.60. The van der Waals surface area contributed by atoms with E-state index in [1.54, 1.807) is 0 Å². The number of carbonyl (C=O) groups excluding carboxylic acids is 1. The first-order valence-electron chi connectivity index (χ1n) is 3.40. The van der Waals surface area contributed by atoms with Gasteiger partial charge in [-0.25, -0.2) is 14.6 Å². The van der Waals surface area contributed by atoms with E-state index in [1.165, 1.54) is 6.34 Å². The Morgan fingerprint density at radius 2 is 2.42 bits per heavy atom. The fourth-order valence-electron chi connectivity index (χ4n) is 1.01. The highest BCUT2D eigenvalue weighted by molar-refractivity contribution is 5.87. The summed E-state index contributed by atoms with van der Waals surface area (Å²) in [7, 11) is 0. The van der Waals surface area contributed by atoms with Gasteiger partial charge < -0.3 is 5.11 Å². The lowest BCUT2D eigenvalue weighted by Crippen LogP contribution is -2.45. The molecule has 1 heterocycles. The van der Waals surface area contributed by atoms with Crippen LogP contribution >= 0.6 is 0 Å². The molecule has 0 fully saturated rings. The molecule has 5 heteroatoms. The Bertz CT molecular complexity index is 272. The van der Waals surface area contributed by atoms with E-state index in [2.05, 4.69) is 11.6 Å². The third kappa shape index (κ3) is 1.14. The number of hydrogen-bond acceptors (Lipinski definition) is 3. The van der Waals surface area contributed by atoms with E-state index in [9.17, 15) is 9.59 Å². The maximum Gasteiger partial charge on any atom is 0.390 e. The largest absolute Gasteiger partial charge is 0.474 e. The van der Waals surface area contributed by atoms with Crippen LogP contribution in [0, 0.1) is 0 Å². The fourth-order valence-corrected chi connectivity index (χ4v) is 1.01. The van der Waals surface area contributed by atoms with E-state index in [-0.39, 0.29) is 10.2 Å². The van der Waals surface area contributed by atoms with Gasteiger partial charge in [0.25, 0.3) is 0 Å². The average Bonchev–Trinajstić information content (AvgIpc) is 2.52. The zero-order valence-electron chi connectivity index (χ0n) is 6.43. The van der Waals surface area contributed by atoms with Gasteiger partial charge in [0.15, 0.2) is 6.34 Å². The summed E-state index contributed by atoms with van der Waals surface area (Å²) in [6.07, 6.45) is 1.84. The van der Waals surface area contributed by atoms with Crippen molar-refractivity contribution < 1.29 is 19.2 Å². The Labute approximate surface area is 69.2 Å². The van der Waals surface area contributed by atoms with Gasteiger partial charge >= 0.3 is 12.4 Å². The molecule has 1 rings (SSSR count). The van der Waals surface area contributed by atoms with Gasteiger partial charge in [-0.05, 0) is 6.58 Å². The highest BCUT2D eigenvalue weighted by Crippen LogP contribution is 2.14. The molecule has 1 atom stereocenters. The molecule has 12 heavy (non-hydrogen) atoms. The van der Waals surface area contributed by atoms with Crippen molar-refractivity contribution in [3.05, 3.63) is 12.3 Å². The summed E-state index contributed by atoms with van der Waals surface area (Å²) in [4.78, 5) is 24.9. The van der Waals surface area contributed by atoms with Gasteiger partial charge in [-0.1, -0.05) is 0 Å². The highest BCUT2D eigenvalue weighted by Gasteiger charge is 2.37. The van der Waals surface area contributed by atoms with Crippen LogP contribution in [0.1, 0.15) is 0 Å². The first kappa shape index (κ1) is 8.61. The number of carbonyl (C=O) groups is 2. The zero-order chi connectivity index (χ0) is 9.19. The summed E-state index contributed by atoms with van der Waals surface area (Å²) in [5.74, 6) is -1.17. The minimum absolute atomic E-state index is 0.161. The van der Waals surface area contributed by atoms with Crippen molar-refractivity contribution >= 4 is 18.7 Å². The predicted octanol–water partition coefficient (Wildman–Crippen LogP) is -0.400. The number of aliphatic imine (C=N–C) groups is 1. The Morgan fingerprint density at radius 3 is 2.75 bits per heavy atom. The van der Waals surface area contributed by atoms with Gasteiger partial charge in [-0.15, -0.1) is 0 Å². The summed E-state index contributed by atoms with van der Waals surface area (Å²) in [6.45, 7) is 4.15. The predicted molar refractivity (Wildman–Crippen MR) is 41.3 cm³/mol. The van der Waals surface area contributed by atoms with Crippen molar-refractivity contribution in [1.82, 2.24) is 0 Å². The van der Waals surface area contributed by atoms with Crippen LogP contribution in [0.25, 0.3) is 0 Å². The molecular formula is C7H9N2O3+. The fraction of sp³-hybridized carbons (Fsp3) is 0.286. The molecule has 0 saturated carbocycles. The van der Waals surface area contributed by atoms with Gasteiger partial charge in [-0.2, -0.15) is 4.48 Å². The van der Waals surface area contributed by atoms with Gasteiger partial charge in [-0.3, -0.25) is 0 Å². The van der Waals surface area contributed by atoms with E-state index in [4.69, 9.17) is 5.11 Å². The number of quaternary nitrogens is 1. The van der Waals surface area contributed by atoms with E-state index < -0.39 is 5.97 Å². The maximum atomic E-state index is 10.6. The molecule has 1 unspecified atom stereocenters. The first-order chi connectivity index (χ1) is 5.62. The Kier molecular flexibility index (Phi) is 2.05. The van der Waals surface area contributed by atoms with E-state index >= 15 is 0 Å². The van der Waals surface area contributed by atoms with E-state index in [0.717, 1.165) is 0 Å². The molecular weight excluding hydrogens is 160 g/mol. The second-order valence-corrected chi connectivity index (χ2v) is 2.53. The molecule has 0 saturated heterocycles. The third-order valence-corrected chi connectivity index (χ3v) is 1.82. The van der Waals surface area contributed by atoms with Crippen molar-refractivity contribution in [3.8, 4) is 0 Å². The lowest BCUT2D eigenvalue weighted by atomic mass is 10.3. The smallest absolute Gasteiger partial charge is 0.390 e. The van der Waals surface area contributed by atoms with Gasteiger partial charge in [0.05, 0.1) is 6.54 Å². The quantitative estimate of drug-likeness (QED) is 0.355. The monoisotopic (exact) mass is 169 g/mol. The second-order valence-electron chi connectivity index (χ2n) is 2.53. The standard InChI is InChI=1S/C7H8N2O3/c1-6(7(11)12)9(5-10)3-2-8-4-9/h4-5H,1-3H2/p+1. The molecule has 0 aliphatic carbocycles. The van der Waals surface area contributed by atoms with Crippen LogP contribution in [0.2, 0.25) is 0 Å². The SMILES string of the molecule is C=C(C(=O)O)[N+]1(C=O)C=NCC1. The molecule has 0 aromatic carbocycles. The molecule has 0 radical (unpaired) electrons. The minimum atomic E-state index is -1.17. The van der Waals surface area contributed by atoms with Crippen molar-refractivity contribution in [2.45, 2.75) is 0 Å². The molecule has 1 N–H and O–H groups in total. The Morgan fingerprint density at radius 1 is 1.75 bits per heavy atom. The number of hydrogen-bond donors (Lipinski definition) is 1. The minimum Gasteiger partial charge on any atom is -0.474 e. The highest BCUT2D eigenvalue weighted by atomic mass is 16.4. The van der Waals surface area contributed by atoms with Crippen molar-refractivity contribution in [1.29, 1.82) is 0 Å². The summed E-state index contributed by atoms with van der Waals surface area (Å²) >= 11 is 0. The normalized spacial score (nSPS) is 27.0. The lowest BCUT2D eigenvalue weighted by molar-refractivity contribution is -0.692. The topological polar surface area (TPSA) is 66.7 Å². The summed E-state index contributed by atoms with van der Waals surface area (Å²) in [5.41, 5.74) is -0.161. The van der Waals surface area contributed by atoms with Crippen LogP contribution in [0.15, 0.2) is 17.3 Å². The molecule has 1 amide bonds. The number of amides is 1. The van der Waals surface area contributed by atoms with Crippen LogP contribution in [0.4, 0.5) is 0 Å². The van der Waals surface area contributed by atoms with Crippen LogP contribution in [0.5, 0.6) is 0 Å². The average molecular weight is 169 g/mol. The zero-order valence-corrected chi connectivity index (χ0v) is 6.43. The van der Waals surface area contributed by atoms with Crippen LogP contribution < -0.4 is 0 Å². The number of rotatable bonds is 3. The number of nitrogens with zero attached hydrogens (tertiary/aromatic N) is 2. The van der Waals surface area contributed by atoms with Crippen molar-refractivity contribution in [3.63, 3.8) is 0 Å². The van der Waals surface area contributed by atoms with Gasteiger partial charge in [0.1, 0.15) is 6.54 Å². The molecule has 1 aliphatic rings. The third-order valence-electron chi connectivity index (χ3n) is 1.82. The Hall–Kier alpha value is -1.49. The molecule has 64 valence electrons. The summed E-state index contributed by atoms with van der Waals surface area (Å²) in [6, 6.07) is 0. The van der Waals surface area contributed by atoms with Crippen LogP contribution in [-0.2, 0) is 9.59 Å². The molecule has 1 aliphatic heterocycles. The van der Waals surface area contributed by atoms with Crippen molar-refractivity contribution in [2.24, 2.45) is 4.99 Å². The number of carboxylic acid groups (broad SMARTS) is 1. The first-order valence-corrected chi connectivity index (χ1v) is 3.40. The Balaban J connectivity index is 2.95. The molecule has 0 aromatic heterocycles. The number of aliphatic carboxylic acids is 1.